The molecule has 0 fully saturated rings. The van der Waals surface area contributed by atoms with E-state index < -0.39 is 5.97 Å². The molecule has 0 saturated heterocycles. The molecule has 0 aliphatic rings. The van der Waals surface area contributed by atoms with Crippen molar-refractivity contribution in [1.82, 2.24) is 15.0 Å². The van der Waals surface area contributed by atoms with Crippen LogP contribution in [0.1, 0.15) is 12.2 Å². The number of carboxylic acid groups (broad SMARTS) is 1. The first-order valence-electron chi connectivity index (χ1n) is 6.48. The van der Waals surface area contributed by atoms with Crippen LogP contribution >= 0.6 is 0 Å². The molecule has 0 amide bonds. The van der Waals surface area contributed by atoms with Gasteiger partial charge in [-0.1, -0.05) is 0 Å². The van der Waals surface area contributed by atoms with Gasteiger partial charge < -0.3 is 9.84 Å². The van der Waals surface area contributed by atoms with Crippen molar-refractivity contribution >= 4 is 27.9 Å². The Bertz CT molecular complexity index is 833. The van der Waals surface area contributed by atoms with E-state index in [1.165, 1.54) is 0 Å². The Morgan fingerprint density at radius 3 is 2.86 bits per heavy atom. The van der Waals surface area contributed by atoms with Crippen LogP contribution in [0.15, 0.2) is 30.5 Å². The Hall–Kier alpha value is -2.76. The summed E-state index contributed by atoms with van der Waals surface area (Å²) in [5.41, 5.74) is 1.34. The molecule has 0 spiro atoms. The fourth-order valence-corrected chi connectivity index (χ4v) is 2.10. The van der Waals surface area contributed by atoms with E-state index in [0.717, 1.165) is 22.0 Å². The second-order valence-electron chi connectivity index (χ2n) is 4.64. The van der Waals surface area contributed by atoms with Gasteiger partial charge in [-0.2, -0.15) is 0 Å². The molecule has 2 heterocycles. The summed E-state index contributed by atoms with van der Waals surface area (Å²) >= 11 is 0. The number of carboxylic acids is 1. The summed E-state index contributed by atoms with van der Waals surface area (Å²) in [6, 6.07) is 7.60. The standard InChI is InChI=1S/C15H13N3O3/c1-21-11-3-2-9-6-10-8-16-13(4-5-14(19)20)18-15(10)17-12(9)7-11/h2-3,6-8H,4-5H2,1H3,(H,19,20). The fourth-order valence-electron chi connectivity index (χ4n) is 2.10. The fraction of sp³-hybridized carbons (Fsp3) is 0.200. The SMILES string of the molecule is COc1ccc2cc3cnc(CCC(=O)O)nc3nc2c1. The second-order valence-corrected chi connectivity index (χ2v) is 4.64. The summed E-state index contributed by atoms with van der Waals surface area (Å²) < 4.78 is 5.18. The minimum absolute atomic E-state index is 0.00686. The summed E-state index contributed by atoms with van der Waals surface area (Å²) in [4.78, 5) is 23.6. The molecule has 3 rings (SSSR count). The number of hydrogen-bond acceptors (Lipinski definition) is 5. The van der Waals surface area contributed by atoms with Crippen molar-refractivity contribution < 1.29 is 14.6 Å². The van der Waals surface area contributed by atoms with Gasteiger partial charge in [0.05, 0.1) is 19.0 Å². The molecule has 0 unspecified atom stereocenters. The lowest BCUT2D eigenvalue weighted by atomic mass is 10.2. The predicted octanol–water partition coefficient (Wildman–Crippen LogP) is 2.20. The first-order chi connectivity index (χ1) is 10.2. The van der Waals surface area contributed by atoms with E-state index in [4.69, 9.17) is 9.84 Å². The number of nitrogens with zero attached hydrogens (tertiary/aromatic N) is 3. The zero-order valence-electron chi connectivity index (χ0n) is 11.4. The summed E-state index contributed by atoms with van der Waals surface area (Å²) in [5, 5.41) is 10.5. The minimum Gasteiger partial charge on any atom is -0.497 e. The van der Waals surface area contributed by atoms with Crippen LogP contribution in [0.2, 0.25) is 0 Å². The van der Waals surface area contributed by atoms with Gasteiger partial charge in [-0.3, -0.25) is 4.79 Å². The number of aryl methyl sites for hydroxylation is 1. The number of methoxy groups -OCH3 is 1. The van der Waals surface area contributed by atoms with E-state index in [1.54, 1.807) is 13.3 Å². The van der Waals surface area contributed by atoms with E-state index in [-0.39, 0.29) is 6.42 Å². The summed E-state index contributed by atoms with van der Waals surface area (Å²) in [6.07, 6.45) is 1.98. The van der Waals surface area contributed by atoms with E-state index >= 15 is 0 Å². The van der Waals surface area contributed by atoms with Gasteiger partial charge in [0.2, 0.25) is 0 Å². The number of aliphatic carboxylic acids is 1. The Balaban J connectivity index is 2.06. The van der Waals surface area contributed by atoms with Gasteiger partial charge in [0.25, 0.3) is 0 Å². The van der Waals surface area contributed by atoms with Crippen molar-refractivity contribution in [1.29, 1.82) is 0 Å². The topological polar surface area (TPSA) is 85.2 Å². The number of aromatic nitrogens is 3. The highest BCUT2D eigenvalue weighted by atomic mass is 16.5. The molecule has 106 valence electrons. The molecule has 0 atom stereocenters. The molecule has 6 nitrogen and oxygen atoms in total. The molecule has 0 saturated carbocycles. The molecule has 0 radical (unpaired) electrons. The Morgan fingerprint density at radius 2 is 2.10 bits per heavy atom. The molecule has 0 aliphatic heterocycles. The van der Waals surface area contributed by atoms with Crippen molar-refractivity contribution in [3.8, 4) is 5.75 Å². The van der Waals surface area contributed by atoms with Gasteiger partial charge in [-0.25, -0.2) is 15.0 Å². The van der Waals surface area contributed by atoms with Crippen molar-refractivity contribution in [2.45, 2.75) is 12.8 Å². The molecular formula is C15H13N3O3. The summed E-state index contributed by atoms with van der Waals surface area (Å²) in [5.74, 6) is 0.351. The van der Waals surface area contributed by atoms with Crippen LogP contribution in [0.3, 0.4) is 0 Å². The van der Waals surface area contributed by atoms with Crippen LogP contribution in [0.25, 0.3) is 21.9 Å². The van der Waals surface area contributed by atoms with E-state index in [1.807, 2.05) is 24.3 Å². The maximum absolute atomic E-state index is 10.6. The highest BCUT2D eigenvalue weighted by molar-refractivity contribution is 5.91. The normalized spacial score (nSPS) is 10.9. The van der Waals surface area contributed by atoms with Crippen LogP contribution in [0.5, 0.6) is 5.75 Å². The lowest BCUT2D eigenvalue weighted by molar-refractivity contribution is -0.137. The molecule has 3 aromatic rings. The number of ether oxygens (including phenoxy) is 1. The molecule has 0 aliphatic carbocycles. The molecular weight excluding hydrogens is 270 g/mol. The number of carbonyl (C=O) groups is 1. The summed E-state index contributed by atoms with van der Waals surface area (Å²) in [6.45, 7) is 0. The monoisotopic (exact) mass is 283 g/mol. The van der Waals surface area contributed by atoms with Gasteiger partial charge in [0.1, 0.15) is 11.6 Å². The maximum Gasteiger partial charge on any atom is 0.303 e. The van der Waals surface area contributed by atoms with Crippen molar-refractivity contribution in [3.05, 3.63) is 36.3 Å². The molecule has 0 bridgehead atoms. The predicted molar refractivity (Wildman–Crippen MR) is 77.3 cm³/mol. The number of pyridine rings is 1. The quantitative estimate of drug-likeness (QED) is 0.739. The minimum atomic E-state index is -0.866. The highest BCUT2D eigenvalue weighted by Crippen LogP contribution is 2.22. The lowest BCUT2D eigenvalue weighted by Crippen LogP contribution is -2.02. The van der Waals surface area contributed by atoms with Gasteiger partial charge in [0, 0.05) is 29.5 Å². The third-order valence-electron chi connectivity index (χ3n) is 3.18. The van der Waals surface area contributed by atoms with Crippen LogP contribution in [-0.2, 0) is 11.2 Å². The molecule has 1 N–H and O–H groups in total. The van der Waals surface area contributed by atoms with Gasteiger partial charge in [-0.05, 0) is 18.2 Å². The maximum atomic E-state index is 10.6. The largest absolute Gasteiger partial charge is 0.497 e. The Labute approximate surface area is 120 Å². The smallest absolute Gasteiger partial charge is 0.303 e. The van der Waals surface area contributed by atoms with Gasteiger partial charge in [0.15, 0.2) is 5.65 Å². The number of hydrogen-bond donors (Lipinski definition) is 1. The summed E-state index contributed by atoms with van der Waals surface area (Å²) in [7, 11) is 1.61. The average molecular weight is 283 g/mol. The van der Waals surface area contributed by atoms with Crippen molar-refractivity contribution in [2.24, 2.45) is 0 Å². The van der Waals surface area contributed by atoms with Crippen LogP contribution in [0, 0.1) is 0 Å². The third kappa shape index (κ3) is 2.74. The van der Waals surface area contributed by atoms with E-state index in [2.05, 4.69) is 15.0 Å². The van der Waals surface area contributed by atoms with E-state index in [0.29, 0.717) is 17.9 Å². The lowest BCUT2D eigenvalue weighted by Gasteiger charge is -2.04. The Kier molecular flexibility index (Phi) is 3.35. The van der Waals surface area contributed by atoms with Gasteiger partial charge in [-0.15, -0.1) is 0 Å². The molecule has 2 aromatic heterocycles. The Morgan fingerprint density at radius 1 is 1.24 bits per heavy atom. The highest BCUT2D eigenvalue weighted by Gasteiger charge is 2.06. The number of fused-ring (bicyclic) bond motifs is 2. The van der Waals surface area contributed by atoms with Crippen molar-refractivity contribution in [3.63, 3.8) is 0 Å². The van der Waals surface area contributed by atoms with Crippen LogP contribution < -0.4 is 4.74 Å². The molecule has 1 aromatic carbocycles. The zero-order valence-corrected chi connectivity index (χ0v) is 11.4. The van der Waals surface area contributed by atoms with Crippen LogP contribution in [-0.4, -0.2) is 33.1 Å². The van der Waals surface area contributed by atoms with Crippen molar-refractivity contribution in [2.75, 3.05) is 7.11 Å². The number of rotatable bonds is 4. The van der Waals surface area contributed by atoms with E-state index in [9.17, 15) is 4.79 Å². The second kappa shape index (κ2) is 5.32. The zero-order chi connectivity index (χ0) is 14.8. The third-order valence-corrected chi connectivity index (χ3v) is 3.18. The van der Waals surface area contributed by atoms with Crippen LogP contribution in [0.4, 0.5) is 0 Å². The average Bonchev–Trinajstić information content (AvgIpc) is 2.50. The molecule has 6 heteroatoms. The first-order valence-corrected chi connectivity index (χ1v) is 6.48. The first kappa shape index (κ1) is 13.2. The molecule has 21 heavy (non-hydrogen) atoms. The number of benzene rings is 1. The van der Waals surface area contributed by atoms with Gasteiger partial charge >= 0.3 is 5.97 Å².